The number of methoxy groups -OCH3 is 1. The van der Waals surface area contributed by atoms with Gasteiger partial charge < -0.3 is 19.5 Å². The zero-order valence-electron chi connectivity index (χ0n) is 15.8. The molecule has 0 heterocycles. The van der Waals surface area contributed by atoms with Gasteiger partial charge in [-0.25, -0.2) is 14.4 Å². The number of esters is 2. The Labute approximate surface area is 143 Å². The van der Waals surface area contributed by atoms with Gasteiger partial charge in [0.25, 0.3) is 0 Å². The summed E-state index contributed by atoms with van der Waals surface area (Å²) < 4.78 is 15.1. The number of rotatable bonds is 5. The van der Waals surface area contributed by atoms with Crippen molar-refractivity contribution in [3.63, 3.8) is 0 Å². The summed E-state index contributed by atoms with van der Waals surface area (Å²) in [5.74, 6) is -1.23. The molecular formula is C17H29NO6. The molecule has 0 saturated carbocycles. The predicted octanol–water partition coefficient (Wildman–Crippen LogP) is 2.73. The van der Waals surface area contributed by atoms with Gasteiger partial charge in [-0.2, -0.15) is 0 Å². The van der Waals surface area contributed by atoms with E-state index in [1.807, 2.05) is 0 Å². The summed E-state index contributed by atoms with van der Waals surface area (Å²) in [6.45, 7) is 11.9. The number of allylic oxidation sites excluding steroid dienone is 1. The Balaban J connectivity index is 5.26. The van der Waals surface area contributed by atoms with E-state index in [2.05, 4.69) is 10.1 Å². The summed E-state index contributed by atoms with van der Waals surface area (Å²) in [5, 5.41) is 2.46. The molecule has 1 N–H and O–H groups in total. The van der Waals surface area contributed by atoms with E-state index in [9.17, 15) is 14.4 Å². The van der Waals surface area contributed by atoms with E-state index in [1.165, 1.54) is 13.2 Å². The highest BCUT2D eigenvalue weighted by Crippen LogP contribution is 2.15. The fourth-order valence-corrected chi connectivity index (χ4v) is 1.69. The highest BCUT2D eigenvalue weighted by Gasteiger charge is 2.30. The number of ether oxygens (including phenoxy) is 3. The van der Waals surface area contributed by atoms with Crippen LogP contribution in [0.2, 0.25) is 0 Å². The van der Waals surface area contributed by atoms with Gasteiger partial charge in [-0.15, -0.1) is 0 Å². The fourth-order valence-electron chi connectivity index (χ4n) is 1.69. The first-order valence-corrected chi connectivity index (χ1v) is 7.75. The molecule has 0 fully saturated rings. The molecule has 0 aliphatic carbocycles. The molecule has 0 aromatic heterocycles. The van der Waals surface area contributed by atoms with Crippen LogP contribution in [0.25, 0.3) is 0 Å². The summed E-state index contributed by atoms with van der Waals surface area (Å²) >= 11 is 0. The summed E-state index contributed by atoms with van der Waals surface area (Å²) in [5.41, 5.74) is -1.19. The van der Waals surface area contributed by atoms with Gasteiger partial charge in [-0.1, -0.05) is 6.08 Å². The molecule has 1 atom stereocenters. The third-order valence-electron chi connectivity index (χ3n) is 2.60. The van der Waals surface area contributed by atoms with Crippen molar-refractivity contribution in [2.75, 3.05) is 7.11 Å². The van der Waals surface area contributed by atoms with Crippen molar-refractivity contribution in [2.24, 2.45) is 0 Å². The van der Waals surface area contributed by atoms with Gasteiger partial charge in [0.05, 0.1) is 7.11 Å². The SMILES string of the molecule is C/C=C(\C[C@H](NC(=O)OC(C)(C)C)C(=O)OC(C)(C)C)C(=O)OC. The van der Waals surface area contributed by atoms with Gasteiger partial charge in [0.1, 0.15) is 17.2 Å². The van der Waals surface area contributed by atoms with Crippen molar-refractivity contribution in [2.45, 2.75) is 72.1 Å². The first-order valence-electron chi connectivity index (χ1n) is 7.75. The van der Waals surface area contributed by atoms with Crippen molar-refractivity contribution in [3.05, 3.63) is 11.6 Å². The Kier molecular flexibility index (Phi) is 7.96. The van der Waals surface area contributed by atoms with E-state index in [0.29, 0.717) is 0 Å². The fraction of sp³-hybridized carbons (Fsp3) is 0.706. The maximum Gasteiger partial charge on any atom is 0.408 e. The van der Waals surface area contributed by atoms with E-state index >= 15 is 0 Å². The number of hydrogen-bond acceptors (Lipinski definition) is 6. The van der Waals surface area contributed by atoms with E-state index in [0.717, 1.165) is 0 Å². The van der Waals surface area contributed by atoms with Crippen molar-refractivity contribution in [3.8, 4) is 0 Å². The lowest BCUT2D eigenvalue weighted by Crippen LogP contribution is -2.46. The number of nitrogens with one attached hydrogen (secondary N) is 1. The summed E-state index contributed by atoms with van der Waals surface area (Å²) in [7, 11) is 1.25. The second-order valence-corrected chi connectivity index (χ2v) is 7.24. The van der Waals surface area contributed by atoms with Gasteiger partial charge in [0.15, 0.2) is 0 Å². The Morgan fingerprint density at radius 1 is 1.00 bits per heavy atom. The number of carbonyl (C=O) groups excluding carboxylic acids is 3. The monoisotopic (exact) mass is 343 g/mol. The zero-order chi connectivity index (χ0) is 19.1. The summed E-state index contributed by atoms with van der Waals surface area (Å²) in [6.07, 6.45) is 0.704. The van der Waals surface area contributed by atoms with Gasteiger partial charge in [0, 0.05) is 12.0 Å². The van der Waals surface area contributed by atoms with Crippen molar-refractivity contribution >= 4 is 18.0 Å². The molecule has 0 aliphatic heterocycles. The molecule has 0 saturated heterocycles. The molecule has 0 unspecified atom stereocenters. The minimum Gasteiger partial charge on any atom is -0.466 e. The summed E-state index contributed by atoms with van der Waals surface area (Å²) in [4.78, 5) is 36.0. The molecule has 0 spiro atoms. The zero-order valence-corrected chi connectivity index (χ0v) is 15.8. The molecular weight excluding hydrogens is 314 g/mol. The summed E-state index contributed by atoms with van der Waals surface area (Å²) in [6, 6.07) is -1.07. The Hall–Kier alpha value is -2.05. The molecule has 0 rings (SSSR count). The maximum absolute atomic E-state index is 12.4. The van der Waals surface area contributed by atoms with Crippen LogP contribution in [-0.2, 0) is 23.8 Å². The molecule has 0 aromatic carbocycles. The molecule has 0 aliphatic rings. The Bertz CT molecular complexity index is 496. The van der Waals surface area contributed by atoms with Crippen LogP contribution in [-0.4, -0.2) is 42.4 Å². The van der Waals surface area contributed by atoms with E-state index in [-0.39, 0.29) is 12.0 Å². The van der Waals surface area contributed by atoms with Crippen LogP contribution in [0.3, 0.4) is 0 Å². The molecule has 0 aromatic rings. The molecule has 7 heteroatoms. The highest BCUT2D eigenvalue weighted by atomic mass is 16.6. The number of amides is 1. The molecule has 7 nitrogen and oxygen atoms in total. The first kappa shape index (κ1) is 21.9. The lowest BCUT2D eigenvalue weighted by Gasteiger charge is -2.26. The Morgan fingerprint density at radius 2 is 1.50 bits per heavy atom. The van der Waals surface area contributed by atoms with Crippen LogP contribution in [0.15, 0.2) is 11.6 Å². The van der Waals surface area contributed by atoms with E-state index in [1.54, 1.807) is 48.5 Å². The van der Waals surface area contributed by atoms with Crippen LogP contribution >= 0.6 is 0 Å². The second kappa shape index (κ2) is 8.70. The van der Waals surface area contributed by atoms with Crippen LogP contribution in [0.1, 0.15) is 54.9 Å². The molecule has 0 bridgehead atoms. The maximum atomic E-state index is 12.4. The van der Waals surface area contributed by atoms with Gasteiger partial charge in [-0.05, 0) is 48.5 Å². The van der Waals surface area contributed by atoms with Gasteiger partial charge in [0.2, 0.25) is 0 Å². The van der Waals surface area contributed by atoms with Crippen LogP contribution in [0.5, 0.6) is 0 Å². The highest BCUT2D eigenvalue weighted by molar-refractivity contribution is 5.90. The smallest absolute Gasteiger partial charge is 0.408 e. The second-order valence-electron chi connectivity index (χ2n) is 7.24. The average Bonchev–Trinajstić information content (AvgIpc) is 2.38. The Morgan fingerprint density at radius 3 is 1.88 bits per heavy atom. The van der Waals surface area contributed by atoms with Crippen LogP contribution in [0, 0.1) is 0 Å². The van der Waals surface area contributed by atoms with E-state index < -0.39 is 35.3 Å². The predicted molar refractivity (Wildman–Crippen MR) is 89.4 cm³/mol. The standard InChI is InChI=1S/C17H29NO6/c1-9-11(13(19)22-8)10-12(14(20)23-16(2,3)4)18-15(21)24-17(5,6)7/h9,12H,10H2,1-8H3,(H,18,21)/b11-9+/t12-/m0/s1. The molecule has 24 heavy (non-hydrogen) atoms. The van der Waals surface area contributed by atoms with Crippen molar-refractivity contribution in [1.82, 2.24) is 5.32 Å². The van der Waals surface area contributed by atoms with Gasteiger partial charge in [-0.3, -0.25) is 0 Å². The number of alkyl carbamates (subject to hydrolysis) is 1. The number of hydrogen-bond donors (Lipinski definition) is 1. The van der Waals surface area contributed by atoms with E-state index in [4.69, 9.17) is 9.47 Å². The normalized spacial score (nSPS) is 13.8. The lowest BCUT2D eigenvalue weighted by atomic mass is 10.1. The van der Waals surface area contributed by atoms with Crippen LogP contribution < -0.4 is 5.32 Å². The number of carbonyl (C=O) groups is 3. The molecule has 0 radical (unpaired) electrons. The minimum atomic E-state index is -1.07. The molecule has 1 amide bonds. The average molecular weight is 343 g/mol. The largest absolute Gasteiger partial charge is 0.466 e. The topological polar surface area (TPSA) is 90.9 Å². The van der Waals surface area contributed by atoms with Crippen molar-refractivity contribution in [1.29, 1.82) is 0 Å². The third-order valence-corrected chi connectivity index (χ3v) is 2.60. The third kappa shape index (κ3) is 9.17. The van der Waals surface area contributed by atoms with Gasteiger partial charge >= 0.3 is 18.0 Å². The quantitative estimate of drug-likeness (QED) is 0.469. The minimum absolute atomic E-state index is 0.0582. The van der Waals surface area contributed by atoms with Crippen molar-refractivity contribution < 1.29 is 28.6 Å². The van der Waals surface area contributed by atoms with Crippen LogP contribution in [0.4, 0.5) is 4.79 Å². The first-order chi connectivity index (χ1) is 10.8. The lowest BCUT2D eigenvalue weighted by molar-refractivity contribution is -0.157. The molecule has 138 valence electrons.